The number of hydrogen-bond donors (Lipinski definition) is 1. The fourth-order valence-electron chi connectivity index (χ4n) is 3.01. The molecular formula is C20H21F3N6O6. The van der Waals surface area contributed by atoms with Crippen molar-refractivity contribution in [1.29, 1.82) is 0 Å². The average Bonchev–Trinajstić information content (AvgIpc) is 2.84. The number of alkyl halides is 2. The van der Waals surface area contributed by atoms with E-state index in [1.165, 1.54) is 29.4 Å². The molecule has 15 heteroatoms. The van der Waals surface area contributed by atoms with Crippen molar-refractivity contribution in [3.63, 3.8) is 0 Å². The molecule has 2 aromatic rings. The number of nitro groups is 2. The summed E-state index contributed by atoms with van der Waals surface area (Å²) in [6.45, 7) is 0.981. The maximum absolute atomic E-state index is 13.3. The van der Waals surface area contributed by atoms with Gasteiger partial charge in [-0.1, -0.05) is 0 Å². The molecule has 0 aromatic carbocycles. The summed E-state index contributed by atoms with van der Waals surface area (Å²) in [6.07, 6.45) is 0.0616. The van der Waals surface area contributed by atoms with E-state index in [0.29, 0.717) is 13.0 Å². The molecule has 0 aliphatic carbocycles. The van der Waals surface area contributed by atoms with E-state index in [-0.39, 0.29) is 43.3 Å². The molecule has 2 aromatic heterocycles. The van der Waals surface area contributed by atoms with Gasteiger partial charge in [0.25, 0.3) is 0 Å². The minimum Gasteiger partial charge on any atom is -0.361 e. The normalized spacial score (nSPS) is 19.6. The molecule has 0 bridgehead atoms. The maximum Gasteiger partial charge on any atom is 0.399 e. The lowest BCUT2D eigenvalue weighted by Gasteiger charge is -2.29. The fourth-order valence-corrected chi connectivity index (χ4v) is 3.01. The first-order valence-electron chi connectivity index (χ1n) is 10.2. The number of rotatable bonds is 3. The molecule has 4 heterocycles. The Morgan fingerprint density at radius 2 is 1.54 bits per heavy atom. The molecule has 0 amide bonds. The number of hydrogen-bond acceptors (Lipinski definition) is 10. The van der Waals surface area contributed by atoms with Crippen molar-refractivity contribution in [3.8, 4) is 0 Å². The van der Waals surface area contributed by atoms with E-state index in [4.69, 9.17) is 0 Å². The summed E-state index contributed by atoms with van der Waals surface area (Å²) in [5.74, 6) is -2.67. The zero-order valence-electron chi connectivity index (χ0n) is 18.2. The number of piperidine rings is 2. The van der Waals surface area contributed by atoms with Crippen LogP contribution < -0.4 is 10.2 Å². The predicted octanol–water partition coefficient (Wildman–Crippen LogP) is 2.12. The highest BCUT2D eigenvalue weighted by Gasteiger charge is 2.30. The lowest BCUT2D eigenvalue weighted by molar-refractivity contribution is -0.392. The molecule has 2 atom stereocenters. The van der Waals surface area contributed by atoms with Crippen molar-refractivity contribution < 1.29 is 32.6 Å². The van der Waals surface area contributed by atoms with Gasteiger partial charge in [-0.15, -0.1) is 0 Å². The van der Waals surface area contributed by atoms with Crippen LogP contribution in [-0.4, -0.2) is 69.9 Å². The SMILES string of the molecule is O=C1CCN(c2cccnc2[N+](=O)[O-])CC1F.O=C1CCNCC1F.O=[N+]([O-])c1ncccc1F. The lowest BCUT2D eigenvalue weighted by atomic mass is 10.1. The second-order valence-corrected chi connectivity index (χ2v) is 7.19. The molecule has 2 fully saturated rings. The largest absolute Gasteiger partial charge is 0.399 e. The molecule has 2 saturated heterocycles. The molecule has 12 nitrogen and oxygen atoms in total. The molecule has 4 rings (SSSR count). The summed E-state index contributed by atoms with van der Waals surface area (Å²) >= 11 is 0. The van der Waals surface area contributed by atoms with Crippen molar-refractivity contribution in [1.82, 2.24) is 15.3 Å². The van der Waals surface area contributed by atoms with Crippen molar-refractivity contribution >= 4 is 28.9 Å². The van der Waals surface area contributed by atoms with Gasteiger partial charge >= 0.3 is 11.6 Å². The number of anilines is 1. The summed E-state index contributed by atoms with van der Waals surface area (Å²) in [5, 5.41) is 23.5. The molecule has 2 aliphatic rings. The van der Waals surface area contributed by atoms with Gasteiger partial charge in [-0.3, -0.25) is 9.59 Å². The molecule has 0 spiro atoms. The van der Waals surface area contributed by atoms with E-state index in [2.05, 4.69) is 15.3 Å². The van der Waals surface area contributed by atoms with Crippen molar-refractivity contribution in [2.24, 2.45) is 0 Å². The molecule has 2 aliphatic heterocycles. The minimum atomic E-state index is -1.58. The van der Waals surface area contributed by atoms with Crippen LogP contribution in [0.5, 0.6) is 0 Å². The van der Waals surface area contributed by atoms with Gasteiger partial charge < -0.3 is 30.4 Å². The number of halogens is 3. The summed E-state index contributed by atoms with van der Waals surface area (Å²) in [6, 6.07) is 5.34. The number of nitrogens with zero attached hydrogens (tertiary/aromatic N) is 5. The molecule has 1 N–H and O–H groups in total. The lowest BCUT2D eigenvalue weighted by Crippen LogP contribution is -2.42. The molecule has 0 radical (unpaired) electrons. The number of carbonyl (C=O) groups excluding carboxylic acids is 2. The van der Waals surface area contributed by atoms with Crippen LogP contribution in [0.1, 0.15) is 12.8 Å². The van der Waals surface area contributed by atoms with Crippen molar-refractivity contribution in [2.75, 3.05) is 31.1 Å². The van der Waals surface area contributed by atoms with Gasteiger partial charge in [0.05, 0.1) is 6.54 Å². The maximum atomic E-state index is 13.3. The number of Topliss-reactive ketones (excluding diaryl/α,β-unsaturated/α-hetero) is 2. The predicted molar refractivity (Wildman–Crippen MR) is 116 cm³/mol. The minimum absolute atomic E-state index is 0.0627. The first-order valence-corrected chi connectivity index (χ1v) is 10.2. The van der Waals surface area contributed by atoms with Crippen molar-refractivity contribution in [3.05, 3.63) is 62.7 Å². The molecule has 35 heavy (non-hydrogen) atoms. The third-order valence-corrected chi connectivity index (χ3v) is 4.77. The van der Waals surface area contributed by atoms with Crippen LogP contribution >= 0.6 is 0 Å². The summed E-state index contributed by atoms with van der Waals surface area (Å²) in [7, 11) is 0. The highest BCUT2D eigenvalue weighted by atomic mass is 19.1. The summed E-state index contributed by atoms with van der Waals surface area (Å²) in [4.78, 5) is 49.0. The van der Waals surface area contributed by atoms with Gasteiger partial charge in [-0.2, -0.15) is 4.39 Å². The van der Waals surface area contributed by atoms with E-state index in [0.717, 1.165) is 6.07 Å². The highest BCUT2D eigenvalue weighted by Crippen LogP contribution is 2.27. The molecular weight excluding hydrogens is 477 g/mol. The zero-order valence-corrected chi connectivity index (χ0v) is 18.2. The van der Waals surface area contributed by atoms with Gasteiger partial charge in [0.1, 0.15) is 18.1 Å². The number of aromatic nitrogens is 2. The Labute approximate surface area is 196 Å². The summed E-state index contributed by atoms with van der Waals surface area (Å²) < 4.78 is 37.8. The molecule has 188 valence electrons. The van der Waals surface area contributed by atoms with Crippen LogP contribution in [0.15, 0.2) is 36.7 Å². The Balaban J connectivity index is 0.000000204. The first-order chi connectivity index (χ1) is 16.6. The van der Waals surface area contributed by atoms with E-state index >= 15 is 0 Å². The van der Waals surface area contributed by atoms with E-state index in [1.807, 2.05) is 0 Å². The summed E-state index contributed by atoms with van der Waals surface area (Å²) in [5.41, 5.74) is 0.257. The Morgan fingerprint density at radius 1 is 0.943 bits per heavy atom. The van der Waals surface area contributed by atoms with Crippen LogP contribution in [0, 0.1) is 26.0 Å². The smallest absolute Gasteiger partial charge is 0.361 e. The third kappa shape index (κ3) is 8.06. The zero-order chi connectivity index (χ0) is 26.0. The van der Waals surface area contributed by atoms with E-state index in [1.54, 1.807) is 6.07 Å². The number of pyridine rings is 2. The average molecular weight is 498 g/mol. The van der Waals surface area contributed by atoms with Gasteiger partial charge in [0.15, 0.2) is 23.9 Å². The standard InChI is InChI=1S/C10H10FN3O3.C5H3FN2O2.C5H8FNO/c11-7-6-13(5-3-9(7)15)8-2-1-4-12-10(8)14(16)17;6-4-2-1-3-7-5(4)8(9)10;6-4-3-7-2-1-5(4)8/h1-2,4,7H,3,5-6H2;1-3H;4,7H,1-3H2. The number of carbonyl (C=O) groups is 2. The monoisotopic (exact) mass is 498 g/mol. The van der Waals surface area contributed by atoms with Crippen LogP contribution in [0.4, 0.5) is 30.5 Å². The van der Waals surface area contributed by atoms with Gasteiger partial charge in [0, 0.05) is 32.5 Å². The Hall–Kier alpha value is -4.01. The molecule has 0 saturated carbocycles. The van der Waals surface area contributed by atoms with Gasteiger partial charge in [-0.25, -0.2) is 8.78 Å². The van der Waals surface area contributed by atoms with Gasteiger partial charge in [-0.05, 0) is 44.1 Å². The topological polar surface area (TPSA) is 161 Å². The second kappa shape index (κ2) is 13.0. The van der Waals surface area contributed by atoms with Gasteiger partial charge in [0.2, 0.25) is 5.82 Å². The second-order valence-electron chi connectivity index (χ2n) is 7.19. The van der Waals surface area contributed by atoms with Crippen LogP contribution in [0.2, 0.25) is 0 Å². The van der Waals surface area contributed by atoms with E-state index in [9.17, 15) is 43.0 Å². The Morgan fingerprint density at radius 3 is 2.03 bits per heavy atom. The number of ketones is 2. The highest BCUT2D eigenvalue weighted by molar-refractivity contribution is 5.86. The van der Waals surface area contributed by atoms with Crippen LogP contribution in [0.3, 0.4) is 0 Å². The fraction of sp³-hybridized carbons (Fsp3) is 0.400. The first kappa shape index (κ1) is 27.2. The van der Waals surface area contributed by atoms with Crippen molar-refractivity contribution in [2.45, 2.75) is 25.2 Å². The Kier molecular flexibility index (Phi) is 10.1. The Bertz CT molecular complexity index is 1080. The third-order valence-electron chi connectivity index (χ3n) is 4.77. The van der Waals surface area contributed by atoms with Crippen LogP contribution in [0.25, 0.3) is 0 Å². The molecule has 2 unspecified atom stereocenters. The van der Waals surface area contributed by atoms with Crippen LogP contribution in [-0.2, 0) is 9.59 Å². The van der Waals surface area contributed by atoms with E-state index < -0.39 is 39.6 Å². The number of nitrogens with one attached hydrogen (secondary N) is 1. The quantitative estimate of drug-likeness (QED) is 0.490.